The zero-order valence-electron chi connectivity index (χ0n) is 15.4. The number of ether oxygens (including phenoxy) is 2. The first-order valence-electron chi connectivity index (χ1n) is 8.96. The molecular weight excluding hydrogens is 344 g/mol. The molecule has 0 aliphatic heterocycles. The number of aliphatic hydroxyl groups excluding tert-OH is 1. The van der Waals surface area contributed by atoms with Crippen molar-refractivity contribution in [3.05, 3.63) is 54.1 Å². The highest BCUT2D eigenvalue weighted by Gasteiger charge is 2.09. The van der Waals surface area contributed by atoms with E-state index in [-0.39, 0.29) is 6.61 Å². The van der Waals surface area contributed by atoms with Gasteiger partial charge >= 0.3 is 0 Å². The zero-order chi connectivity index (χ0) is 18.9. The molecule has 0 aliphatic rings. The molecular formula is C20H24N4O3. The molecule has 0 fully saturated rings. The molecule has 0 atom stereocenters. The van der Waals surface area contributed by atoms with Gasteiger partial charge in [0, 0.05) is 30.7 Å². The molecule has 0 amide bonds. The maximum Gasteiger partial charge on any atom is 0.137 e. The largest absolute Gasteiger partial charge is 0.497 e. The first kappa shape index (κ1) is 19.0. The molecule has 2 N–H and O–H groups in total. The standard InChI is InChI=1S/C20H24N4O3/c1-26-16-5-6-18-17(13-16)20(22-9-11-27-12-10-25)24-19(23-18)7-4-15-3-2-8-21-14-15/h2-3,5-6,8,13-14,25H,4,7,9-12H2,1H3,(H,22,23,24). The first-order chi connectivity index (χ1) is 13.3. The minimum Gasteiger partial charge on any atom is -0.497 e. The fourth-order valence-electron chi connectivity index (χ4n) is 2.74. The first-order valence-corrected chi connectivity index (χ1v) is 8.96. The summed E-state index contributed by atoms with van der Waals surface area (Å²) >= 11 is 0. The number of methoxy groups -OCH3 is 1. The summed E-state index contributed by atoms with van der Waals surface area (Å²) in [5.74, 6) is 2.29. The van der Waals surface area contributed by atoms with Gasteiger partial charge in [-0.05, 0) is 36.2 Å². The number of nitrogens with zero attached hydrogens (tertiary/aromatic N) is 3. The van der Waals surface area contributed by atoms with Crippen molar-refractivity contribution in [2.45, 2.75) is 12.8 Å². The van der Waals surface area contributed by atoms with Gasteiger partial charge in [-0.2, -0.15) is 0 Å². The summed E-state index contributed by atoms with van der Waals surface area (Å²) in [5, 5.41) is 13.0. The van der Waals surface area contributed by atoms with Gasteiger partial charge < -0.3 is 19.9 Å². The molecule has 1 aromatic carbocycles. The van der Waals surface area contributed by atoms with Crippen LogP contribution in [0.15, 0.2) is 42.7 Å². The Hall–Kier alpha value is -2.77. The van der Waals surface area contributed by atoms with Gasteiger partial charge in [-0.15, -0.1) is 0 Å². The summed E-state index contributed by atoms with van der Waals surface area (Å²) < 4.78 is 10.6. The summed E-state index contributed by atoms with van der Waals surface area (Å²) in [5.41, 5.74) is 2.02. The van der Waals surface area contributed by atoms with Crippen LogP contribution in [-0.2, 0) is 17.6 Å². The number of nitrogens with one attached hydrogen (secondary N) is 1. The van der Waals surface area contributed by atoms with Crippen molar-refractivity contribution < 1.29 is 14.6 Å². The summed E-state index contributed by atoms with van der Waals surface area (Å²) in [4.78, 5) is 13.5. The van der Waals surface area contributed by atoms with Gasteiger partial charge in [-0.1, -0.05) is 6.07 Å². The van der Waals surface area contributed by atoms with E-state index in [1.165, 1.54) is 0 Å². The molecule has 0 aliphatic carbocycles. The highest BCUT2D eigenvalue weighted by molar-refractivity contribution is 5.90. The van der Waals surface area contributed by atoms with Crippen molar-refractivity contribution in [3.8, 4) is 5.75 Å². The highest BCUT2D eigenvalue weighted by atomic mass is 16.5. The third-order valence-electron chi connectivity index (χ3n) is 4.08. The van der Waals surface area contributed by atoms with E-state index >= 15 is 0 Å². The number of hydrogen-bond donors (Lipinski definition) is 2. The molecule has 7 nitrogen and oxygen atoms in total. The van der Waals surface area contributed by atoms with E-state index < -0.39 is 0 Å². The Bertz CT molecular complexity index is 858. The van der Waals surface area contributed by atoms with Crippen LogP contribution in [0.4, 0.5) is 5.82 Å². The Labute approximate surface area is 158 Å². The molecule has 0 bridgehead atoms. The second kappa shape index (κ2) is 9.80. The van der Waals surface area contributed by atoms with Crippen molar-refractivity contribution >= 4 is 16.7 Å². The predicted molar refractivity (Wildman–Crippen MR) is 104 cm³/mol. The Balaban J connectivity index is 1.79. The number of pyridine rings is 1. The molecule has 7 heteroatoms. The lowest BCUT2D eigenvalue weighted by Gasteiger charge is -2.12. The maximum atomic E-state index is 8.79. The lowest BCUT2D eigenvalue weighted by atomic mass is 10.1. The quantitative estimate of drug-likeness (QED) is 0.531. The van der Waals surface area contributed by atoms with Crippen LogP contribution in [0.1, 0.15) is 11.4 Å². The molecule has 2 heterocycles. The lowest BCUT2D eigenvalue weighted by molar-refractivity contribution is 0.0992. The smallest absolute Gasteiger partial charge is 0.137 e. The van der Waals surface area contributed by atoms with Crippen molar-refractivity contribution in [2.75, 3.05) is 38.8 Å². The van der Waals surface area contributed by atoms with Crippen molar-refractivity contribution in [2.24, 2.45) is 0 Å². The van der Waals surface area contributed by atoms with Crippen LogP contribution >= 0.6 is 0 Å². The van der Waals surface area contributed by atoms with Gasteiger partial charge in [0.25, 0.3) is 0 Å². The molecule has 3 aromatic rings. The van der Waals surface area contributed by atoms with Crippen molar-refractivity contribution in [1.82, 2.24) is 15.0 Å². The van der Waals surface area contributed by atoms with E-state index in [4.69, 9.17) is 24.5 Å². The van der Waals surface area contributed by atoms with Crippen LogP contribution in [0.2, 0.25) is 0 Å². The Morgan fingerprint density at radius 3 is 2.81 bits per heavy atom. The maximum absolute atomic E-state index is 8.79. The molecule has 0 unspecified atom stereocenters. The number of rotatable bonds is 10. The molecule has 0 radical (unpaired) electrons. The normalized spacial score (nSPS) is 10.9. The van der Waals surface area contributed by atoms with Crippen LogP contribution in [0.25, 0.3) is 10.9 Å². The van der Waals surface area contributed by atoms with E-state index in [1.807, 2.05) is 30.5 Å². The van der Waals surface area contributed by atoms with Crippen molar-refractivity contribution in [3.63, 3.8) is 0 Å². The second-order valence-corrected chi connectivity index (χ2v) is 6.00. The number of fused-ring (bicyclic) bond motifs is 1. The third-order valence-corrected chi connectivity index (χ3v) is 4.08. The van der Waals surface area contributed by atoms with Crippen LogP contribution in [0.5, 0.6) is 5.75 Å². The number of aryl methyl sites for hydroxylation is 2. The molecule has 0 saturated heterocycles. The van der Waals surface area contributed by atoms with Gasteiger partial charge in [0.05, 0.1) is 32.4 Å². The van der Waals surface area contributed by atoms with Crippen LogP contribution < -0.4 is 10.1 Å². The monoisotopic (exact) mass is 368 g/mol. The predicted octanol–water partition coefficient (Wildman–Crippen LogP) is 2.24. The summed E-state index contributed by atoms with van der Waals surface area (Å²) in [6, 6.07) is 9.75. The minimum absolute atomic E-state index is 0.0200. The van der Waals surface area contributed by atoms with E-state index in [0.29, 0.717) is 19.8 Å². The molecule has 2 aromatic heterocycles. The van der Waals surface area contributed by atoms with Gasteiger partial charge in [0.1, 0.15) is 17.4 Å². The molecule has 27 heavy (non-hydrogen) atoms. The third kappa shape index (κ3) is 5.35. The Kier molecular flexibility index (Phi) is 6.90. The van der Waals surface area contributed by atoms with Crippen LogP contribution in [0.3, 0.4) is 0 Å². The van der Waals surface area contributed by atoms with Gasteiger partial charge in [-0.3, -0.25) is 4.98 Å². The zero-order valence-corrected chi connectivity index (χ0v) is 15.4. The average molecular weight is 368 g/mol. The number of aromatic nitrogens is 3. The second-order valence-electron chi connectivity index (χ2n) is 6.00. The van der Waals surface area contributed by atoms with E-state index in [2.05, 4.69) is 16.4 Å². The van der Waals surface area contributed by atoms with Gasteiger partial charge in [0.2, 0.25) is 0 Å². The fraction of sp³-hybridized carbons (Fsp3) is 0.350. The topological polar surface area (TPSA) is 89.4 Å². The summed E-state index contributed by atoms with van der Waals surface area (Å²) in [6.45, 7) is 1.43. The fourth-order valence-corrected chi connectivity index (χ4v) is 2.74. The number of hydrogen-bond acceptors (Lipinski definition) is 7. The van der Waals surface area contributed by atoms with E-state index in [1.54, 1.807) is 13.3 Å². The molecule has 0 saturated carbocycles. The summed E-state index contributed by atoms with van der Waals surface area (Å²) in [7, 11) is 1.64. The molecule has 0 spiro atoms. The van der Waals surface area contributed by atoms with Gasteiger partial charge in [0.15, 0.2) is 0 Å². The number of anilines is 1. The van der Waals surface area contributed by atoms with Crippen LogP contribution in [-0.4, -0.2) is 53.5 Å². The van der Waals surface area contributed by atoms with E-state index in [0.717, 1.165) is 46.7 Å². The number of benzene rings is 1. The Morgan fingerprint density at radius 1 is 1.11 bits per heavy atom. The molecule has 142 valence electrons. The number of aliphatic hydroxyl groups is 1. The molecule has 3 rings (SSSR count). The highest BCUT2D eigenvalue weighted by Crippen LogP contribution is 2.25. The van der Waals surface area contributed by atoms with Gasteiger partial charge in [-0.25, -0.2) is 9.97 Å². The lowest BCUT2D eigenvalue weighted by Crippen LogP contribution is -2.13. The van der Waals surface area contributed by atoms with E-state index in [9.17, 15) is 0 Å². The summed E-state index contributed by atoms with van der Waals surface area (Å²) in [6.07, 6.45) is 5.19. The Morgan fingerprint density at radius 2 is 2.04 bits per heavy atom. The van der Waals surface area contributed by atoms with Crippen molar-refractivity contribution in [1.29, 1.82) is 0 Å². The average Bonchev–Trinajstić information content (AvgIpc) is 2.72. The van der Waals surface area contributed by atoms with Crippen LogP contribution in [0, 0.1) is 0 Å². The SMILES string of the molecule is COc1ccc2nc(CCc3cccnc3)nc(NCCOCCO)c2c1. The minimum atomic E-state index is 0.0200.